The van der Waals surface area contributed by atoms with Crippen LogP contribution in [-0.4, -0.2) is 19.0 Å². The van der Waals surface area contributed by atoms with Gasteiger partial charge in [-0.15, -0.1) is 0 Å². The molecular weight excluding hydrogens is 351 g/mol. The average Bonchev–Trinajstić information content (AvgIpc) is 2.66. The maximum absolute atomic E-state index is 13.6. The number of rotatable bonds is 6. The summed E-state index contributed by atoms with van der Waals surface area (Å²) in [6.45, 7) is 8.14. The van der Waals surface area contributed by atoms with Crippen LogP contribution in [0.2, 0.25) is 0 Å². The Morgan fingerprint density at radius 2 is 1.71 bits per heavy atom. The number of piperidine rings is 1. The highest BCUT2D eigenvalue weighted by molar-refractivity contribution is 5.79. The molecule has 1 aliphatic heterocycles. The predicted octanol–water partition coefficient (Wildman–Crippen LogP) is 4.04. The van der Waals surface area contributed by atoms with E-state index in [-0.39, 0.29) is 17.6 Å². The van der Waals surface area contributed by atoms with Gasteiger partial charge in [0.2, 0.25) is 5.91 Å². The van der Waals surface area contributed by atoms with Gasteiger partial charge in [-0.05, 0) is 75.4 Å². The van der Waals surface area contributed by atoms with Gasteiger partial charge in [0.1, 0.15) is 5.82 Å². The normalized spacial score (nSPS) is 18.4. The summed E-state index contributed by atoms with van der Waals surface area (Å²) in [7, 11) is 0. The van der Waals surface area contributed by atoms with Gasteiger partial charge < -0.3 is 11.1 Å². The van der Waals surface area contributed by atoms with Crippen LogP contribution in [0.15, 0.2) is 42.5 Å². The average molecular weight is 383 g/mol. The first-order valence-electron chi connectivity index (χ1n) is 10.1. The molecule has 0 radical (unpaired) electrons. The van der Waals surface area contributed by atoms with Crippen molar-refractivity contribution in [2.75, 3.05) is 13.1 Å². The molecule has 0 spiro atoms. The van der Waals surface area contributed by atoms with Crippen LogP contribution in [0.1, 0.15) is 42.0 Å². The van der Waals surface area contributed by atoms with E-state index in [1.54, 1.807) is 0 Å². The number of amides is 1. The van der Waals surface area contributed by atoms with Crippen LogP contribution >= 0.6 is 0 Å². The zero-order valence-corrected chi connectivity index (χ0v) is 17.1. The second kappa shape index (κ2) is 8.44. The highest BCUT2D eigenvalue weighted by atomic mass is 19.1. The van der Waals surface area contributed by atoms with Gasteiger partial charge in [0.05, 0.1) is 5.92 Å². The predicted molar refractivity (Wildman–Crippen MR) is 112 cm³/mol. The molecule has 1 aliphatic rings. The molecule has 1 amide bonds. The topological polar surface area (TPSA) is 55.1 Å². The maximum Gasteiger partial charge on any atom is 0.221 e. The van der Waals surface area contributed by atoms with Gasteiger partial charge >= 0.3 is 0 Å². The Balaban J connectivity index is 2.06. The number of halogens is 1. The van der Waals surface area contributed by atoms with Gasteiger partial charge in [-0.3, -0.25) is 4.79 Å². The molecule has 3 nitrogen and oxygen atoms in total. The van der Waals surface area contributed by atoms with Crippen LogP contribution < -0.4 is 11.1 Å². The Hall–Kier alpha value is -2.20. The number of benzene rings is 2. The van der Waals surface area contributed by atoms with E-state index >= 15 is 0 Å². The summed E-state index contributed by atoms with van der Waals surface area (Å²) in [5.74, 6) is -0.601. The molecule has 0 aliphatic carbocycles. The number of nitrogens with two attached hydrogens (primary N) is 1. The maximum atomic E-state index is 13.6. The van der Waals surface area contributed by atoms with Crippen molar-refractivity contribution < 1.29 is 9.18 Å². The molecule has 0 aromatic heterocycles. The molecule has 1 fully saturated rings. The molecule has 1 heterocycles. The molecular formula is C24H31FN2O. The Morgan fingerprint density at radius 3 is 2.25 bits per heavy atom. The molecule has 0 saturated carbocycles. The zero-order valence-electron chi connectivity index (χ0n) is 17.1. The van der Waals surface area contributed by atoms with Crippen molar-refractivity contribution in [3.05, 3.63) is 70.5 Å². The van der Waals surface area contributed by atoms with E-state index in [1.807, 2.05) is 12.1 Å². The lowest BCUT2D eigenvalue weighted by atomic mass is 9.59. The molecule has 3 rings (SSSR count). The van der Waals surface area contributed by atoms with Crippen molar-refractivity contribution in [3.8, 4) is 0 Å². The second-order valence-corrected chi connectivity index (χ2v) is 8.47. The molecule has 2 aromatic carbocycles. The van der Waals surface area contributed by atoms with E-state index < -0.39 is 5.41 Å². The minimum Gasteiger partial charge on any atom is -0.369 e. The smallest absolute Gasteiger partial charge is 0.221 e. The van der Waals surface area contributed by atoms with Gasteiger partial charge in [-0.25, -0.2) is 4.39 Å². The Labute approximate surface area is 167 Å². The summed E-state index contributed by atoms with van der Waals surface area (Å²) in [6, 6.07) is 13.0. The van der Waals surface area contributed by atoms with Crippen LogP contribution in [0.4, 0.5) is 4.39 Å². The molecule has 2 unspecified atom stereocenters. The highest BCUT2D eigenvalue weighted by Gasteiger charge is 2.45. The van der Waals surface area contributed by atoms with Crippen LogP contribution in [0, 0.1) is 31.5 Å². The lowest BCUT2D eigenvalue weighted by molar-refractivity contribution is -0.125. The summed E-state index contributed by atoms with van der Waals surface area (Å²) >= 11 is 0. The van der Waals surface area contributed by atoms with Crippen LogP contribution in [0.5, 0.6) is 0 Å². The van der Waals surface area contributed by atoms with E-state index in [1.165, 1.54) is 23.3 Å². The number of carbonyl (C=O) groups is 1. The number of hydrogen-bond donors (Lipinski definition) is 2. The summed E-state index contributed by atoms with van der Waals surface area (Å²) in [4.78, 5) is 12.7. The quantitative estimate of drug-likeness (QED) is 0.792. The van der Waals surface area contributed by atoms with E-state index in [0.717, 1.165) is 37.1 Å². The van der Waals surface area contributed by atoms with E-state index in [2.05, 4.69) is 44.3 Å². The highest BCUT2D eigenvalue weighted by Crippen LogP contribution is 2.44. The molecule has 150 valence electrons. The van der Waals surface area contributed by atoms with Gasteiger partial charge in [0.15, 0.2) is 0 Å². The van der Waals surface area contributed by atoms with E-state index in [9.17, 15) is 9.18 Å². The molecule has 2 atom stereocenters. The number of hydrogen-bond acceptors (Lipinski definition) is 2. The van der Waals surface area contributed by atoms with Crippen molar-refractivity contribution in [1.82, 2.24) is 5.32 Å². The largest absolute Gasteiger partial charge is 0.369 e. The monoisotopic (exact) mass is 382 g/mol. The summed E-state index contributed by atoms with van der Waals surface area (Å²) in [6.07, 6.45) is 2.55. The SMILES string of the molecule is Cc1cc(C)cc(CC(C(N)=O)C(C)(c2ccc(F)cc2)C2CCNCC2)c1. The first kappa shape index (κ1) is 20.5. The standard InChI is InChI=1S/C24H31FN2O/c1-16-12-17(2)14-18(13-16)15-22(23(26)28)24(3,20-8-10-27-11-9-20)19-4-6-21(25)7-5-19/h4-7,12-14,20,22,27H,8-11,15H2,1-3H3,(H2,26,28). The zero-order chi connectivity index (χ0) is 20.3. The lowest BCUT2D eigenvalue weighted by Gasteiger charge is -2.45. The second-order valence-electron chi connectivity index (χ2n) is 8.47. The van der Waals surface area contributed by atoms with Gasteiger partial charge in [0, 0.05) is 5.41 Å². The molecule has 4 heteroatoms. The van der Waals surface area contributed by atoms with Crippen LogP contribution in [0.3, 0.4) is 0 Å². The van der Waals surface area contributed by atoms with Gasteiger partial charge in [0.25, 0.3) is 0 Å². The number of carbonyl (C=O) groups excluding carboxylic acids is 1. The van der Waals surface area contributed by atoms with Crippen LogP contribution in [-0.2, 0) is 16.6 Å². The van der Waals surface area contributed by atoms with Crippen molar-refractivity contribution >= 4 is 5.91 Å². The number of nitrogens with one attached hydrogen (secondary N) is 1. The van der Waals surface area contributed by atoms with Crippen molar-refractivity contribution in [2.45, 2.75) is 45.4 Å². The third kappa shape index (κ3) is 4.27. The van der Waals surface area contributed by atoms with Crippen molar-refractivity contribution in [2.24, 2.45) is 17.6 Å². The van der Waals surface area contributed by atoms with Gasteiger partial charge in [-0.1, -0.05) is 48.4 Å². The number of aryl methyl sites for hydroxylation is 2. The molecule has 3 N–H and O–H groups in total. The Bertz CT molecular complexity index is 807. The minimum atomic E-state index is -0.445. The van der Waals surface area contributed by atoms with Gasteiger partial charge in [-0.2, -0.15) is 0 Å². The first-order valence-corrected chi connectivity index (χ1v) is 10.1. The first-order chi connectivity index (χ1) is 13.3. The Morgan fingerprint density at radius 1 is 1.14 bits per heavy atom. The van der Waals surface area contributed by atoms with Crippen LogP contribution in [0.25, 0.3) is 0 Å². The molecule has 28 heavy (non-hydrogen) atoms. The fraction of sp³-hybridized carbons (Fsp3) is 0.458. The fourth-order valence-corrected chi connectivity index (χ4v) is 4.98. The van der Waals surface area contributed by atoms with Crippen molar-refractivity contribution in [1.29, 1.82) is 0 Å². The number of primary amides is 1. The third-order valence-corrected chi connectivity index (χ3v) is 6.44. The summed E-state index contributed by atoms with van der Waals surface area (Å²) in [5, 5.41) is 3.40. The van der Waals surface area contributed by atoms with E-state index in [4.69, 9.17) is 5.73 Å². The molecule has 2 aromatic rings. The summed E-state index contributed by atoms with van der Waals surface area (Å²) < 4.78 is 13.6. The Kier molecular flexibility index (Phi) is 6.19. The van der Waals surface area contributed by atoms with E-state index in [0.29, 0.717) is 12.3 Å². The molecule has 0 bridgehead atoms. The fourth-order valence-electron chi connectivity index (χ4n) is 4.98. The summed E-state index contributed by atoms with van der Waals surface area (Å²) in [5.41, 5.74) is 10.0. The molecule has 1 saturated heterocycles. The lowest BCUT2D eigenvalue weighted by Crippen LogP contribution is -2.50. The van der Waals surface area contributed by atoms with Crippen molar-refractivity contribution in [3.63, 3.8) is 0 Å². The minimum absolute atomic E-state index is 0.263. The third-order valence-electron chi connectivity index (χ3n) is 6.44.